The molecule has 4 heteroatoms. The predicted molar refractivity (Wildman–Crippen MR) is 75.4 cm³/mol. The molecule has 2 aromatic rings. The van der Waals surface area contributed by atoms with E-state index in [1.807, 2.05) is 12.1 Å². The monoisotopic (exact) mass is 260 g/mol. The Bertz CT molecular complexity index is 621. The maximum atomic E-state index is 11.4. The summed E-state index contributed by atoms with van der Waals surface area (Å²) in [5, 5.41) is 3.60. The smallest absolute Gasteiger partial charge is 0.408 e. The average molecular weight is 260 g/mol. The van der Waals surface area contributed by atoms with Crippen LogP contribution in [0.15, 0.2) is 27.4 Å². The number of benzene rings is 1. The van der Waals surface area contributed by atoms with E-state index in [1.54, 1.807) is 7.05 Å². The van der Waals surface area contributed by atoms with Gasteiger partial charge in [0.1, 0.15) is 0 Å². The molecule has 1 saturated carbocycles. The molecule has 0 bridgehead atoms. The molecule has 4 nitrogen and oxygen atoms in total. The van der Waals surface area contributed by atoms with Gasteiger partial charge in [-0.25, -0.2) is 4.79 Å². The van der Waals surface area contributed by atoms with Crippen LogP contribution >= 0.6 is 0 Å². The third-order valence-electron chi connectivity index (χ3n) is 4.06. The minimum Gasteiger partial charge on any atom is -0.408 e. The summed E-state index contributed by atoms with van der Waals surface area (Å²) in [7, 11) is 1.73. The topological polar surface area (TPSA) is 47.2 Å². The van der Waals surface area contributed by atoms with Crippen LogP contribution in [0.5, 0.6) is 0 Å². The van der Waals surface area contributed by atoms with Crippen molar-refractivity contribution in [2.24, 2.45) is 7.05 Å². The van der Waals surface area contributed by atoms with Gasteiger partial charge in [0, 0.05) is 13.1 Å². The van der Waals surface area contributed by atoms with Crippen LogP contribution < -0.4 is 11.1 Å². The van der Waals surface area contributed by atoms with Crippen molar-refractivity contribution in [3.63, 3.8) is 0 Å². The van der Waals surface area contributed by atoms with Gasteiger partial charge >= 0.3 is 5.76 Å². The highest BCUT2D eigenvalue weighted by Crippen LogP contribution is 2.18. The van der Waals surface area contributed by atoms with Crippen LogP contribution in [0.3, 0.4) is 0 Å². The second-order valence-electron chi connectivity index (χ2n) is 5.41. The fourth-order valence-corrected chi connectivity index (χ4v) is 2.88. The lowest BCUT2D eigenvalue weighted by Gasteiger charge is -2.11. The summed E-state index contributed by atoms with van der Waals surface area (Å²) in [5.74, 6) is -0.295. The molecule has 0 saturated heterocycles. The number of aromatic nitrogens is 1. The molecule has 1 aromatic carbocycles. The van der Waals surface area contributed by atoms with E-state index in [-0.39, 0.29) is 5.76 Å². The molecule has 19 heavy (non-hydrogen) atoms. The average Bonchev–Trinajstić information content (AvgIpc) is 3.00. The van der Waals surface area contributed by atoms with E-state index in [1.165, 1.54) is 35.8 Å². The Morgan fingerprint density at radius 2 is 2.16 bits per heavy atom. The molecule has 1 fully saturated rings. The van der Waals surface area contributed by atoms with Crippen molar-refractivity contribution in [2.75, 3.05) is 6.54 Å². The van der Waals surface area contributed by atoms with Crippen LogP contribution in [0.4, 0.5) is 0 Å². The summed E-state index contributed by atoms with van der Waals surface area (Å²) < 4.78 is 6.74. The molecule has 0 atom stereocenters. The second kappa shape index (κ2) is 5.21. The molecule has 102 valence electrons. The lowest BCUT2D eigenvalue weighted by Crippen LogP contribution is -2.27. The maximum Gasteiger partial charge on any atom is 0.419 e. The number of rotatable bonds is 4. The number of nitrogens with zero attached hydrogens (tertiary/aromatic N) is 1. The van der Waals surface area contributed by atoms with Crippen LogP contribution in [0.1, 0.15) is 31.2 Å². The van der Waals surface area contributed by atoms with Crippen molar-refractivity contribution in [1.29, 1.82) is 0 Å². The zero-order chi connectivity index (χ0) is 13.2. The van der Waals surface area contributed by atoms with Crippen LogP contribution in [0.2, 0.25) is 0 Å². The Balaban J connectivity index is 1.66. The number of hydrogen-bond donors (Lipinski definition) is 1. The maximum absolute atomic E-state index is 11.4. The molecule has 1 aliphatic carbocycles. The largest absolute Gasteiger partial charge is 0.419 e. The van der Waals surface area contributed by atoms with Crippen molar-refractivity contribution in [3.05, 3.63) is 34.3 Å². The first-order chi connectivity index (χ1) is 9.24. The Hall–Kier alpha value is -1.55. The molecule has 0 unspecified atom stereocenters. The van der Waals surface area contributed by atoms with E-state index in [0.717, 1.165) is 18.5 Å². The van der Waals surface area contributed by atoms with Gasteiger partial charge in [-0.05, 0) is 43.5 Å². The molecule has 1 aromatic heterocycles. The van der Waals surface area contributed by atoms with Gasteiger partial charge in [0.2, 0.25) is 0 Å². The summed E-state index contributed by atoms with van der Waals surface area (Å²) in [6.07, 6.45) is 6.32. The highest BCUT2D eigenvalue weighted by Gasteiger charge is 2.13. The first kappa shape index (κ1) is 12.5. The Labute approximate surface area is 112 Å². The van der Waals surface area contributed by atoms with Crippen LogP contribution in [0.25, 0.3) is 11.1 Å². The van der Waals surface area contributed by atoms with Gasteiger partial charge < -0.3 is 9.73 Å². The summed E-state index contributed by atoms with van der Waals surface area (Å²) >= 11 is 0. The van der Waals surface area contributed by atoms with Gasteiger partial charge in [-0.1, -0.05) is 18.9 Å². The van der Waals surface area contributed by atoms with E-state index < -0.39 is 0 Å². The van der Waals surface area contributed by atoms with Crippen molar-refractivity contribution < 1.29 is 4.42 Å². The molecule has 0 radical (unpaired) electrons. The first-order valence-electron chi connectivity index (χ1n) is 7.06. The Kier molecular flexibility index (Phi) is 3.42. The molecule has 1 heterocycles. The standard InChI is InChI=1S/C15H20N2O2/c1-17-13-7-6-11(10-14(13)19-15(17)18)8-9-16-12-4-2-3-5-12/h6-7,10,12,16H,2-5,8-9H2,1H3. The number of hydrogen-bond acceptors (Lipinski definition) is 3. The second-order valence-corrected chi connectivity index (χ2v) is 5.41. The highest BCUT2D eigenvalue weighted by molar-refractivity contribution is 5.73. The summed E-state index contributed by atoms with van der Waals surface area (Å²) in [4.78, 5) is 11.4. The van der Waals surface area contributed by atoms with Crippen molar-refractivity contribution in [1.82, 2.24) is 9.88 Å². The van der Waals surface area contributed by atoms with E-state index in [2.05, 4.69) is 11.4 Å². The van der Waals surface area contributed by atoms with Crippen LogP contribution in [-0.2, 0) is 13.5 Å². The lowest BCUT2D eigenvalue weighted by molar-refractivity contribution is 0.524. The van der Waals surface area contributed by atoms with E-state index >= 15 is 0 Å². The van der Waals surface area contributed by atoms with Gasteiger partial charge in [0.05, 0.1) is 5.52 Å². The van der Waals surface area contributed by atoms with Crippen LogP contribution in [0, 0.1) is 0 Å². The molecule has 0 amide bonds. The number of aryl methyl sites for hydroxylation is 1. The van der Waals surface area contributed by atoms with Gasteiger partial charge in [-0.15, -0.1) is 0 Å². The number of oxazole rings is 1. The molecular weight excluding hydrogens is 240 g/mol. The summed E-state index contributed by atoms with van der Waals surface area (Å²) in [6.45, 7) is 0.993. The summed E-state index contributed by atoms with van der Waals surface area (Å²) in [5.41, 5.74) is 2.76. The van der Waals surface area contributed by atoms with E-state index in [4.69, 9.17) is 4.42 Å². The molecule has 0 spiro atoms. The predicted octanol–water partition coefficient (Wildman–Crippen LogP) is 2.21. The molecular formula is C15H20N2O2. The van der Waals surface area contributed by atoms with Gasteiger partial charge in [-0.3, -0.25) is 4.57 Å². The zero-order valence-electron chi connectivity index (χ0n) is 11.3. The van der Waals surface area contributed by atoms with Crippen molar-refractivity contribution in [2.45, 2.75) is 38.1 Å². The molecule has 3 rings (SSSR count). The fourth-order valence-electron chi connectivity index (χ4n) is 2.88. The van der Waals surface area contributed by atoms with E-state index in [0.29, 0.717) is 11.6 Å². The zero-order valence-corrected chi connectivity index (χ0v) is 11.3. The van der Waals surface area contributed by atoms with Crippen molar-refractivity contribution in [3.8, 4) is 0 Å². The highest BCUT2D eigenvalue weighted by atomic mass is 16.4. The van der Waals surface area contributed by atoms with Gasteiger partial charge in [0.25, 0.3) is 0 Å². The minimum absolute atomic E-state index is 0.295. The van der Waals surface area contributed by atoms with Crippen molar-refractivity contribution >= 4 is 11.1 Å². The first-order valence-corrected chi connectivity index (χ1v) is 7.06. The summed E-state index contributed by atoms with van der Waals surface area (Å²) in [6, 6.07) is 6.73. The lowest BCUT2D eigenvalue weighted by atomic mass is 10.1. The SMILES string of the molecule is Cn1c(=O)oc2cc(CCNC3CCCC3)ccc21. The normalized spacial score (nSPS) is 16.5. The third kappa shape index (κ3) is 2.59. The van der Waals surface area contributed by atoms with Gasteiger partial charge in [0.15, 0.2) is 5.58 Å². The van der Waals surface area contributed by atoms with E-state index in [9.17, 15) is 4.79 Å². The quantitative estimate of drug-likeness (QED) is 0.916. The minimum atomic E-state index is -0.295. The fraction of sp³-hybridized carbons (Fsp3) is 0.533. The number of nitrogens with one attached hydrogen (secondary N) is 1. The van der Waals surface area contributed by atoms with Crippen LogP contribution in [-0.4, -0.2) is 17.2 Å². The Morgan fingerprint density at radius 1 is 1.37 bits per heavy atom. The third-order valence-corrected chi connectivity index (χ3v) is 4.06. The molecule has 1 aliphatic rings. The number of fused-ring (bicyclic) bond motifs is 1. The molecule has 0 aliphatic heterocycles. The Morgan fingerprint density at radius 3 is 2.95 bits per heavy atom. The molecule has 1 N–H and O–H groups in total. The van der Waals surface area contributed by atoms with Gasteiger partial charge in [-0.2, -0.15) is 0 Å².